The van der Waals surface area contributed by atoms with Gasteiger partial charge in [0, 0.05) is 5.92 Å². The maximum absolute atomic E-state index is 11.9. The molecule has 0 aliphatic heterocycles. The second kappa shape index (κ2) is 3.97. The van der Waals surface area contributed by atoms with Crippen molar-refractivity contribution in [3.8, 4) is 11.6 Å². The maximum atomic E-state index is 11.9. The van der Waals surface area contributed by atoms with Crippen LogP contribution in [0.15, 0.2) is 21.5 Å². The minimum absolute atomic E-state index is 0.0756. The number of H-pyrrole nitrogens is 1. The number of aromatic nitrogens is 2. The first-order chi connectivity index (χ1) is 8.16. The molecular weight excluding hydrogens is 331 g/mol. The maximum Gasteiger partial charge on any atom is 0.264 e. The van der Waals surface area contributed by atoms with Crippen molar-refractivity contribution in [3.63, 3.8) is 0 Å². The number of aromatic amines is 1. The van der Waals surface area contributed by atoms with E-state index in [0.29, 0.717) is 21.1 Å². The minimum atomic E-state index is -0.0756. The van der Waals surface area contributed by atoms with Crippen molar-refractivity contribution >= 4 is 22.6 Å². The van der Waals surface area contributed by atoms with Gasteiger partial charge in [0.25, 0.3) is 5.56 Å². The average molecular weight is 342 g/mol. The molecule has 0 spiro atoms. The zero-order valence-electron chi connectivity index (χ0n) is 9.29. The van der Waals surface area contributed by atoms with E-state index in [-0.39, 0.29) is 5.56 Å². The second-order valence-electron chi connectivity index (χ2n) is 4.32. The molecule has 17 heavy (non-hydrogen) atoms. The molecular formula is C12H11IN2O2. The first-order valence-corrected chi connectivity index (χ1v) is 6.59. The number of furan rings is 1. The lowest BCUT2D eigenvalue weighted by Crippen LogP contribution is -2.16. The van der Waals surface area contributed by atoms with Gasteiger partial charge in [0.05, 0.1) is 12.0 Å². The highest BCUT2D eigenvalue weighted by atomic mass is 127. The fraction of sp³-hybridized carbons (Fsp3) is 0.333. The first kappa shape index (κ1) is 11.0. The number of nitrogens with one attached hydrogen (secondary N) is 1. The van der Waals surface area contributed by atoms with E-state index in [2.05, 4.69) is 32.6 Å². The van der Waals surface area contributed by atoms with E-state index in [1.54, 1.807) is 6.26 Å². The van der Waals surface area contributed by atoms with Crippen LogP contribution in [-0.4, -0.2) is 9.97 Å². The summed E-state index contributed by atoms with van der Waals surface area (Å²) in [7, 11) is 0. The molecule has 1 N–H and O–H groups in total. The molecule has 0 bridgehead atoms. The fourth-order valence-corrected chi connectivity index (χ4v) is 2.52. The summed E-state index contributed by atoms with van der Waals surface area (Å²) in [6, 6.07) is 1.87. The van der Waals surface area contributed by atoms with Gasteiger partial charge >= 0.3 is 0 Å². The van der Waals surface area contributed by atoms with Crippen molar-refractivity contribution in [3.05, 3.63) is 37.5 Å². The Balaban J connectivity index is 2.18. The van der Waals surface area contributed by atoms with E-state index < -0.39 is 0 Å². The number of hydrogen-bond donors (Lipinski definition) is 1. The third kappa shape index (κ3) is 1.92. The van der Waals surface area contributed by atoms with Crippen molar-refractivity contribution in [2.75, 3.05) is 0 Å². The van der Waals surface area contributed by atoms with Crippen molar-refractivity contribution in [1.82, 2.24) is 9.97 Å². The van der Waals surface area contributed by atoms with Crippen LogP contribution >= 0.6 is 22.6 Å². The van der Waals surface area contributed by atoms with Crippen LogP contribution in [0.5, 0.6) is 0 Å². The molecule has 0 amide bonds. The van der Waals surface area contributed by atoms with E-state index in [4.69, 9.17) is 4.42 Å². The summed E-state index contributed by atoms with van der Waals surface area (Å²) in [4.78, 5) is 19.2. The fourth-order valence-electron chi connectivity index (χ4n) is 1.83. The van der Waals surface area contributed by atoms with Gasteiger partial charge in [-0.2, -0.15) is 0 Å². The van der Waals surface area contributed by atoms with E-state index in [1.165, 1.54) is 0 Å². The Kier molecular flexibility index (Phi) is 2.57. The van der Waals surface area contributed by atoms with E-state index >= 15 is 0 Å². The Morgan fingerprint density at radius 2 is 2.29 bits per heavy atom. The molecule has 4 nitrogen and oxygen atoms in total. The molecule has 5 heteroatoms. The molecule has 1 fully saturated rings. The average Bonchev–Trinajstić information content (AvgIpc) is 3.05. The summed E-state index contributed by atoms with van der Waals surface area (Å²) in [5.41, 5.74) is 1.82. The molecule has 3 rings (SSSR count). The van der Waals surface area contributed by atoms with Crippen molar-refractivity contribution in [2.24, 2.45) is 0 Å². The van der Waals surface area contributed by atoms with Crippen molar-refractivity contribution < 1.29 is 4.42 Å². The molecule has 1 aliphatic carbocycles. The number of aryl methyl sites for hydroxylation is 1. The van der Waals surface area contributed by atoms with Gasteiger partial charge in [0.1, 0.15) is 3.57 Å². The van der Waals surface area contributed by atoms with Gasteiger partial charge in [0.2, 0.25) is 0 Å². The van der Waals surface area contributed by atoms with Crippen LogP contribution in [0.25, 0.3) is 11.6 Å². The van der Waals surface area contributed by atoms with Crippen LogP contribution in [-0.2, 0) is 0 Å². The number of hydrogen-bond acceptors (Lipinski definition) is 3. The summed E-state index contributed by atoms with van der Waals surface area (Å²) in [6.07, 6.45) is 3.87. The van der Waals surface area contributed by atoms with Gasteiger partial charge < -0.3 is 9.40 Å². The van der Waals surface area contributed by atoms with Gasteiger partial charge in [0.15, 0.2) is 11.6 Å². The minimum Gasteiger partial charge on any atom is -0.461 e. The zero-order valence-corrected chi connectivity index (χ0v) is 11.4. The highest BCUT2D eigenvalue weighted by molar-refractivity contribution is 14.1. The molecule has 88 valence electrons. The molecule has 2 aromatic rings. The van der Waals surface area contributed by atoms with Crippen LogP contribution in [0.1, 0.15) is 30.0 Å². The molecule has 1 aliphatic rings. The highest BCUT2D eigenvalue weighted by Gasteiger charge is 2.29. The van der Waals surface area contributed by atoms with Crippen LogP contribution < -0.4 is 5.56 Å². The summed E-state index contributed by atoms with van der Waals surface area (Å²) in [5, 5.41) is 0. The Hall–Kier alpha value is -1.11. The van der Waals surface area contributed by atoms with Gasteiger partial charge in [-0.1, -0.05) is 0 Å². The number of rotatable bonds is 2. The van der Waals surface area contributed by atoms with E-state index in [1.807, 2.05) is 13.0 Å². The Bertz CT molecular complexity index is 626. The third-order valence-corrected chi connectivity index (χ3v) is 3.97. The quantitative estimate of drug-likeness (QED) is 0.854. The third-order valence-electron chi connectivity index (χ3n) is 2.93. The summed E-state index contributed by atoms with van der Waals surface area (Å²) in [5.74, 6) is 1.65. The number of nitrogens with zero attached hydrogens (tertiary/aromatic N) is 1. The standard InChI is InChI=1S/C12H11IN2O2/c1-6-4-5-17-10(6)11-14-9(7-2-3-7)8(13)12(16)15-11/h4-5,7H,2-3H2,1H3,(H,14,15,16). The van der Waals surface area contributed by atoms with Crippen LogP contribution in [0.2, 0.25) is 0 Å². The molecule has 0 unspecified atom stereocenters. The van der Waals surface area contributed by atoms with Crippen molar-refractivity contribution in [2.45, 2.75) is 25.7 Å². The van der Waals surface area contributed by atoms with Gasteiger partial charge in [-0.05, 0) is 54.0 Å². The lowest BCUT2D eigenvalue weighted by atomic mass is 10.2. The van der Waals surface area contributed by atoms with Gasteiger partial charge in [-0.15, -0.1) is 0 Å². The molecule has 1 saturated carbocycles. The normalized spacial score (nSPS) is 15.2. The smallest absolute Gasteiger partial charge is 0.264 e. The predicted molar refractivity (Wildman–Crippen MR) is 72.0 cm³/mol. The SMILES string of the molecule is Cc1ccoc1-c1nc(C2CC2)c(I)c(=O)[nH]1. The highest BCUT2D eigenvalue weighted by Crippen LogP contribution is 2.40. The van der Waals surface area contributed by atoms with Crippen molar-refractivity contribution in [1.29, 1.82) is 0 Å². The lowest BCUT2D eigenvalue weighted by molar-refractivity contribution is 0.574. The molecule has 2 aromatic heterocycles. The monoisotopic (exact) mass is 342 g/mol. The van der Waals surface area contributed by atoms with Crippen LogP contribution in [0, 0.1) is 10.5 Å². The summed E-state index contributed by atoms with van der Waals surface area (Å²) in [6.45, 7) is 1.94. The summed E-state index contributed by atoms with van der Waals surface area (Å²) >= 11 is 2.07. The largest absolute Gasteiger partial charge is 0.461 e. The first-order valence-electron chi connectivity index (χ1n) is 5.51. The van der Waals surface area contributed by atoms with Crippen LogP contribution in [0.4, 0.5) is 0 Å². The molecule has 2 heterocycles. The Labute approximate surface area is 112 Å². The van der Waals surface area contributed by atoms with Gasteiger partial charge in [-0.3, -0.25) is 4.79 Å². The molecule has 0 atom stereocenters. The molecule has 0 saturated heterocycles. The zero-order chi connectivity index (χ0) is 12.0. The second-order valence-corrected chi connectivity index (χ2v) is 5.40. The van der Waals surface area contributed by atoms with Gasteiger partial charge in [-0.25, -0.2) is 4.98 Å². The Morgan fingerprint density at radius 3 is 2.88 bits per heavy atom. The van der Waals surface area contributed by atoms with Crippen LogP contribution in [0.3, 0.4) is 0 Å². The predicted octanol–water partition coefficient (Wildman–Crippen LogP) is 2.82. The topological polar surface area (TPSA) is 58.9 Å². The summed E-state index contributed by atoms with van der Waals surface area (Å²) < 4.78 is 6.07. The van der Waals surface area contributed by atoms with E-state index in [9.17, 15) is 4.79 Å². The molecule has 0 radical (unpaired) electrons. The Morgan fingerprint density at radius 1 is 1.53 bits per heavy atom. The van der Waals surface area contributed by atoms with E-state index in [0.717, 1.165) is 24.1 Å². The lowest BCUT2D eigenvalue weighted by Gasteiger charge is -2.04. The number of halogens is 1. The molecule has 0 aromatic carbocycles.